The highest BCUT2D eigenvalue weighted by atomic mass is 35.5. The highest BCUT2D eigenvalue weighted by Gasteiger charge is 2.30. The van der Waals surface area contributed by atoms with E-state index in [-0.39, 0.29) is 24.7 Å². The van der Waals surface area contributed by atoms with Crippen molar-refractivity contribution < 1.29 is 24.2 Å². The van der Waals surface area contributed by atoms with E-state index < -0.39 is 12.0 Å². The number of amides is 1. The summed E-state index contributed by atoms with van der Waals surface area (Å²) in [7, 11) is 2.97. The number of halogens is 2. The molecule has 140 valence electrons. The highest BCUT2D eigenvalue weighted by Crippen LogP contribution is 2.35. The number of likely N-dealkylation sites (tertiary alicyclic amines) is 1. The maximum atomic E-state index is 12.2. The molecule has 0 bridgehead atoms. The van der Waals surface area contributed by atoms with Gasteiger partial charge in [-0.25, -0.2) is 0 Å². The molecule has 2 N–H and O–H groups in total. The van der Waals surface area contributed by atoms with Gasteiger partial charge >= 0.3 is 5.97 Å². The quantitative estimate of drug-likeness (QED) is 0.741. The molecule has 1 fully saturated rings. The fourth-order valence-corrected chi connectivity index (χ4v) is 3.02. The summed E-state index contributed by atoms with van der Waals surface area (Å²) in [5.41, 5.74) is 0.458. The molecule has 0 spiro atoms. The number of hydrogen-bond donors (Lipinski definition) is 2. The topological polar surface area (TPSA) is 88.1 Å². The van der Waals surface area contributed by atoms with Crippen LogP contribution in [0.1, 0.15) is 19.3 Å². The van der Waals surface area contributed by atoms with Crippen LogP contribution in [0.2, 0.25) is 5.02 Å². The van der Waals surface area contributed by atoms with Gasteiger partial charge in [-0.15, -0.1) is 12.4 Å². The average Bonchev–Trinajstić information content (AvgIpc) is 3.03. The molecule has 1 aromatic rings. The standard InChI is InChI=1S/C16H21ClN2O5.ClH/c1-23-13-9-11(14(24-2)8-10(13)17)18-15(20)5-7-19-6-3-4-12(19)16(21)22;/h8-9,12H,3-7H2,1-2H3,(H,18,20)(H,21,22);1H/t12-;/m0./s1. The Hall–Kier alpha value is -1.70. The highest BCUT2D eigenvalue weighted by molar-refractivity contribution is 6.32. The van der Waals surface area contributed by atoms with E-state index in [4.69, 9.17) is 26.2 Å². The Morgan fingerprint density at radius 2 is 2.00 bits per heavy atom. The van der Waals surface area contributed by atoms with Crippen molar-refractivity contribution in [2.24, 2.45) is 0 Å². The first-order valence-electron chi connectivity index (χ1n) is 7.64. The van der Waals surface area contributed by atoms with E-state index in [9.17, 15) is 9.59 Å². The van der Waals surface area contributed by atoms with Crippen molar-refractivity contribution in [1.82, 2.24) is 4.90 Å². The molecule has 1 heterocycles. The zero-order valence-corrected chi connectivity index (χ0v) is 15.7. The number of benzene rings is 1. The fraction of sp³-hybridized carbons (Fsp3) is 0.500. The lowest BCUT2D eigenvalue weighted by Crippen LogP contribution is -2.37. The molecular weight excluding hydrogens is 371 g/mol. The summed E-state index contributed by atoms with van der Waals surface area (Å²) in [6.07, 6.45) is 1.65. The van der Waals surface area contributed by atoms with Crippen LogP contribution in [-0.2, 0) is 9.59 Å². The van der Waals surface area contributed by atoms with Crippen molar-refractivity contribution in [1.29, 1.82) is 0 Å². The lowest BCUT2D eigenvalue weighted by molar-refractivity contribution is -0.142. The van der Waals surface area contributed by atoms with Crippen LogP contribution in [0.25, 0.3) is 0 Å². The molecule has 7 nitrogen and oxygen atoms in total. The summed E-state index contributed by atoms with van der Waals surface area (Å²) < 4.78 is 10.3. The van der Waals surface area contributed by atoms with Gasteiger partial charge in [0, 0.05) is 25.1 Å². The number of nitrogens with zero attached hydrogens (tertiary/aromatic N) is 1. The van der Waals surface area contributed by atoms with Crippen LogP contribution in [0.15, 0.2) is 12.1 Å². The lowest BCUT2D eigenvalue weighted by Gasteiger charge is -2.20. The first-order valence-corrected chi connectivity index (χ1v) is 8.02. The van der Waals surface area contributed by atoms with Crippen molar-refractivity contribution in [3.63, 3.8) is 0 Å². The minimum absolute atomic E-state index is 0. The van der Waals surface area contributed by atoms with Gasteiger partial charge in [0.2, 0.25) is 5.91 Å². The number of ether oxygens (including phenoxy) is 2. The number of rotatable bonds is 7. The van der Waals surface area contributed by atoms with E-state index in [0.717, 1.165) is 6.42 Å². The smallest absolute Gasteiger partial charge is 0.320 e. The lowest BCUT2D eigenvalue weighted by atomic mass is 10.2. The number of carbonyl (C=O) groups excluding carboxylic acids is 1. The van der Waals surface area contributed by atoms with E-state index in [0.29, 0.717) is 41.7 Å². The Morgan fingerprint density at radius 3 is 2.60 bits per heavy atom. The zero-order valence-electron chi connectivity index (χ0n) is 14.1. The minimum Gasteiger partial charge on any atom is -0.495 e. The number of carbonyl (C=O) groups is 2. The van der Waals surface area contributed by atoms with Crippen LogP contribution in [0, 0.1) is 0 Å². The van der Waals surface area contributed by atoms with E-state index in [1.54, 1.807) is 12.1 Å². The Balaban J connectivity index is 0.00000312. The number of aliphatic carboxylic acids is 1. The van der Waals surface area contributed by atoms with Crippen LogP contribution < -0.4 is 14.8 Å². The van der Waals surface area contributed by atoms with Crippen LogP contribution in [0.5, 0.6) is 11.5 Å². The van der Waals surface area contributed by atoms with E-state index in [1.807, 2.05) is 4.90 Å². The third kappa shape index (κ3) is 5.39. The number of carboxylic acids is 1. The zero-order chi connectivity index (χ0) is 17.7. The monoisotopic (exact) mass is 392 g/mol. The fourth-order valence-electron chi connectivity index (χ4n) is 2.79. The molecule has 0 saturated carbocycles. The number of hydrogen-bond acceptors (Lipinski definition) is 5. The predicted molar refractivity (Wildman–Crippen MR) is 97.3 cm³/mol. The van der Waals surface area contributed by atoms with Crippen molar-refractivity contribution in [3.05, 3.63) is 17.2 Å². The first-order chi connectivity index (χ1) is 11.5. The first kappa shape index (κ1) is 21.3. The number of anilines is 1. The van der Waals surface area contributed by atoms with Crippen molar-refractivity contribution in [2.75, 3.05) is 32.6 Å². The summed E-state index contributed by atoms with van der Waals surface area (Å²) in [4.78, 5) is 25.2. The second kappa shape index (κ2) is 9.70. The van der Waals surface area contributed by atoms with Gasteiger partial charge in [-0.1, -0.05) is 11.6 Å². The third-order valence-corrected chi connectivity index (χ3v) is 4.32. The maximum Gasteiger partial charge on any atom is 0.320 e. The molecule has 2 rings (SSSR count). The van der Waals surface area contributed by atoms with Crippen LogP contribution in [0.4, 0.5) is 5.69 Å². The predicted octanol–water partition coefficient (Wildman–Crippen LogP) is 2.66. The van der Waals surface area contributed by atoms with E-state index >= 15 is 0 Å². The Kier molecular flexibility index (Phi) is 8.28. The second-order valence-corrected chi connectivity index (χ2v) is 5.92. The van der Waals surface area contributed by atoms with Gasteiger partial charge in [-0.2, -0.15) is 0 Å². The molecule has 1 aromatic carbocycles. The van der Waals surface area contributed by atoms with Gasteiger partial charge in [-0.05, 0) is 19.4 Å². The molecule has 9 heteroatoms. The number of nitrogens with one attached hydrogen (secondary N) is 1. The van der Waals surface area contributed by atoms with Gasteiger partial charge in [0.1, 0.15) is 17.5 Å². The summed E-state index contributed by atoms with van der Waals surface area (Å²) in [6, 6.07) is 2.66. The molecular formula is C16H22Cl2N2O5. The molecule has 0 unspecified atom stereocenters. The summed E-state index contributed by atoms with van der Waals surface area (Å²) in [5.74, 6) is -0.206. The number of carboxylic acid groups (broad SMARTS) is 1. The molecule has 0 aromatic heterocycles. The van der Waals surface area contributed by atoms with Crippen molar-refractivity contribution in [3.8, 4) is 11.5 Å². The Bertz CT molecular complexity index is 627. The summed E-state index contributed by atoms with van der Waals surface area (Å²) in [5, 5.41) is 12.3. The molecule has 1 atom stereocenters. The molecule has 1 aliphatic rings. The maximum absolute atomic E-state index is 12.2. The SMILES string of the molecule is COc1cc(NC(=O)CCN2CCC[C@H]2C(=O)O)c(OC)cc1Cl.Cl. The molecule has 1 amide bonds. The Morgan fingerprint density at radius 1 is 1.32 bits per heavy atom. The van der Waals surface area contributed by atoms with Crippen LogP contribution in [0.3, 0.4) is 0 Å². The largest absolute Gasteiger partial charge is 0.495 e. The normalized spacial score (nSPS) is 16.8. The molecule has 1 aliphatic heterocycles. The van der Waals surface area contributed by atoms with Gasteiger partial charge < -0.3 is 19.9 Å². The van der Waals surface area contributed by atoms with Gasteiger partial charge in [0.15, 0.2) is 0 Å². The minimum atomic E-state index is -0.836. The summed E-state index contributed by atoms with van der Waals surface area (Å²) >= 11 is 6.03. The third-order valence-electron chi connectivity index (χ3n) is 4.02. The molecule has 25 heavy (non-hydrogen) atoms. The average molecular weight is 393 g/mol. The van der Waals surface area contributed by atoms with Crippen molar-refractivity contribution in [2.45, 2.75) is 25.3 Å². The second-order valence-electron chi connectivity index (χ2n) is 5.52. The molecule has 0 aliphatic carbocycles. The van der Waals surface area contributed by atoms with E-state index in [1.165, 1.54) is 14.2 Å². The van der Waals surface area contributed by atoms with Gasteiger partial charge in [0.05, 0.1) is 24.9 Å². The molecule has 1 saturated heterocycles. The van der Waals surface area contributed by atoms with Crippen molar-refractivity contribution >= 4 is 41.6 Å². The summed E-state index contributed by atoms with van der Waals surface area (Å²) in [6.45, 7) is 1.10. The van der Waals surface area contributed by atoms with Crippen LogP contribution >= 0.6 is 24.0 Å². The van der Waals surface area contributed by atoms with Crippen LogP contribution in [-0.4, -0.2) is 55.2 Å². The molecule has 0 radical (unpaired) electrons. The van der Waals surface area contributed by atoms with Gasteiger partial charge in [0.25, 0.3) is 0 Å². The Labute approximate surface area is 157 Å². The number of methoxy groups -OCH3 is 2. The van der Waals surface area contributed by atoms with Gasteiger partial charge in [-0.3, -0.25) is 14.5 Å². The van der Waals surface area contributed by atoms with E-state index in [2.05, 4.69) is 5.32 Å².